The number of rotatable bonds is 6. The van der Waals surface area contributed by atoms with E-state index in [9.17, 15) is 14.4 Å². The molecule has 11 nitrogen and oxygen atoms in total. The summed E-state index contributed by atoms with van der Waals surface area (Å²) in [6.45, 7) is -0.118. The summed E-state index contributed by atoms with van der Waals surface area (Å²) in [6.07, 6.45) is -0.274. The minimum absolute atomic E-state index is 0.118. The molecule has 0 saturated carbocycles. The van der Waals surface area contributed by atoms with E-state index in [0.717, 1.165) is 0 Å². The first kappa shape index (κ1) is 22.9. The molecule has 1 atom stereocenters. The Morgan fingerprint density at radius 2 is 1.77 bits per heavy atom. The number of primary amides is 1. The van der Waals surface area contributed by atoms with Crippen LogP contribution in [0.2, 0.25) is 0 Å². The van der Waals surface area contributed by atoms with Gasteiger partial charge >= 0.3 is 0 Å². The largest absolute Gasteiger partial charge is 0.370 e. The minimum Gasteiger partial charge on any atom is -0.370 e. The Morgan fingerprint density at radius 3 is 2.35 bits per heavy atom. The van der Waals surface area contributed by atoms with E-state index in [1.54, 1.807) is 18.2 Å². The second kappa shape index (κ2) is 12.3. The normalized spacial score (nSPS) is 10.5. The number of fused-ring (bicyclic) bond motifs is 1. The van der Waals surface area contributed by atoms with Crippen LogP contribution in [0.4, 0.5) is 0 Å². The van der Waals surface area contributed by atoms with Crippen LogP contribution < -0.4 is 27.8 Å². The average molecular weight is 366 g/mol. The summed E-state index contributed by atoms with van der Waals surface area (Å²) in [5.41, 5.74) is 15.4. The van der Waals surface area contributed by atoms with E-state index in [0.29, 0.717) is 11.0 Å². The molecule has 3 amide bonds. The fourth-order valence-electron chi connectivity index (χ4n) is 1.99. The summed E-state index contributed by atoms with van der Waals surface area (Å²) in [7, 11) is 4.41. The molecular formula is C15H26N8O3. The molecule has 8 N–H and O–H groups in total. The molecular weight excluding hydrogens is 340 g/mol. The number of para-hydroxylation sites is 1. The van der Waals surface area contributed by atoms with Crippen LogP contribution in [0.3, 0.4) is 0 Å². The van der Waals surface area contributed by atoms with Gasteiger partial charge in [0.05, 0.1) is 11.9 Å². The van der Waals surface area contributed by atoms with Gasteiger partial charge in [-0.3, -0.25) is 14.4 Å². The van der Waals surface area contributed by atoms with Crippen LogP contribution in [0, 0.1) is 0 Å². The molecule has 0 aliphatic rings. The molecule has 0 aliphatic carbocycles. The molecule has 1 heterocycles. The number of amides is 3. The summed E-state index contributed by atoms with van der Waals surface area (Å²) in [6, 6.07) is 6.17. The third kappa shape index (κ3) is 6.83. The van der Waals surface area contributed by atoms with Gasteiger partial charge in [0.1, 0.15) is 18.1 Å². The van der Waals surface area contributed by atoms with Crippen molar-refractivity contribution in [2.75, 3.05) is 21.1 Å². The Labute approximate surface area is 151 Å². The first-order chi connectivity index (χ1) is 12.5. The zero-order chi connectivity index (χ0) is 20.1. The van der Waals surface area contributed by atoms with Crippen LogP contribution in [-0.4, -0.2) is 59.9 Å². The van der Waals surface area contributed by atoms with Gasteiger partial charge in [0.2, 0.25) is 17.7 Å². The van der Waals surface area contributed by atoms with Gasteiger partial charge in [0.25, 0.3) is 0 Å². The molecule has 1 aromatic heterocycles. The Kier molecular flexibility index (Phi) is 10.9. The highest BCUT2D eigenvalue weighted by Crippen LogP contribution is 2.09. The number of nitrogens with zero attached hydrogens (tertiary/aromatic N) is 3. The first-order valence-corrected chi connectivity index (χ1v) is 7.74. The van der Waals surface area contributed by atoms with Crippen molar-refractivity contribution in [2.24, 2.45) is 17.2 Å². The number of carbonyl (C=O) groups is 3. The highest BCUT2D eigenvalue weighted by atomic mass is 16.2. The van der Waals surface area contributed by atoms with Crippen LogP contribution in [0.5, 0.6) is 0 Å². The molecule has 26 heavy (non-hydrogen) atoms. The Morgan fingerprint density at radius 1 is 1.15 bits per heavy atom. The molecule has 0 bridgehead atoms. The zero-order valence-corrected chi connectivity index (χ0v) is 15.1. The summed E-state index contributed by atoms with van der Waals surface area (Å²) in [5, 5.41) is 12.6. The Balaban J connectivity index is 0.00000146. The van der Waals surface area contributed by atoms with Crippen molar-refractivity contribution in [1.29, 1.82) is 0 Å². The quantitative estimate of drug-likeness (QED) is 0.380. The Bertz CT molecular complexity index is 716. The van der Waals surface area contributed by atoms with Gasteiger partial charge in [-0.1, -0.05) is 17.3 Å². The Hall–Kier alpha value is -3.05. The van der Waals surface area contributed by atoms with Crippen LogP contribution >= 0.6 is 0 Å². The van der Waals surface area contributed by atoms with Crippen LogP contribution in [0.15, 0.2) is 24.3 Å². The molecule has 0 fully saturated rings. The van der Waals surface area contributed by atoms with Crippen molar-refractivity contribution < 1.29 is 14.4 Å². The second-order valence-corrected chi connectivity index (χ2v) is 4.64. The lowest BCUT2D eigenvalue weighted by atomic mass is 10.2. The van der Waals surface area contributed by atoms with E-state index >= 15 is 0 Å². The number of likely N-dealkylation sites (N-methyl/N-ethyl adjacent to an activating group) is 1. The second-order valence-electron chi connectivity index (χ2n) is 4.64. The van der Waals surface area contributed by atoms with Gasteiger partial charge in [0.15, 0.2) is 0 Å². The van der Waals surface area contributed by atoms with E-state index in [4.69, 9.17) is 5.73 Å². The number of aromatic nitrogens is 3. The first-order valence-electron chi connectivity index (χ1n) is 7.74. The highest BCUT2D eigenvalue weighted by Gasteiger charge is 2.22. The number of nitrogens with one attached hydrogen (secondary N) is 2. The highest BCUT2D eigenvalue weighted by molar-refractivity contribution is 5.91. The molecule has 0 saturated heterocycles. The molecule has 0 spiro atoms. The van der Waals surface area contributed by atoms with Gasteiger partial charge in [-0.25, -0.2) is 4.68 Å². The molecule has 2 rings (SSSR count). The van der Waals surface area contributed by atoms with E-state index in [1.165, 1.54) is 25.8 Å². The molecule has 0 unspecified atom stereocenters. The minimum atomic E-state index is -1.01. The number of carbonyl (C=O) groups excluding carboxylic acids is 3. The summed E-state index contributed by atoms with van der Waals surface area (Å²) < 4.78 is 1.41. The predicted molar refractivity (Wildman–Crippen MR) is 97.6 cm³/mol. The zero-order valence-electron chi connectivity index (χ0n) is 15.1. The van der Waals surface area contributed by atoms with Crippen molar-refractivity contribution in [1.82, 2.24) is 25.6 Å². The smallest absolute Gasteiger partial charge is 0.242 e. The summed E-state index contributed by atoms with van der Waals surface area (Å²) in [5.74, 6) is -1.64. The lowest BCUT2D eigenvalue weighted by molar-refractivity contribution is -0.131. The molecule has 0 radical (unpaired) electrons. The molecule has 144 valence electrons. The summed E-state index contributed by atoms with van der Waals surface area (Å²) >= 11 is 0. The van der Waals surface area contributed by atoms with Crippen LogP contribution in [-0.2, 0) is 20.9 Å². The number of hydrogen-bond acceptors (Lipinski definition) is 7. The molecule has 11 heteroatoms. The van der Waals surface area contributed by atoms with Crippen LogP contribution in [0.25, 0.3) is 11.0 Å². The van der Waals surface area contributed by atoms with Gasteiger partial charge in [0, 0.05) is 7.05 Å². The fraction of sp³-hybridized carbons (Fsp3) is 0.400. The van der Waals surface area contributed by atoms with Crippen molar-refractivity contribution in [3.8, 4) is 0 Å². The van der Waals surface area contributed by atoms with E-state index in [2.05, 4.69) is 32.4 Å². The van der Waals surface area contributed by atoms with Gasteiger partial charge in [-0.2, -0.15) is 0 Å². The van der Waals surface area contributed by atoms with Gasteiger partial charge in [-0.15, -0.1) is 5.10 Å². The SMILES string of the molecule is CN.CN.CNC(=O)[C@H](CC(N)=O)NC(=O)Cn1nnc2ccccc21. The average Bonchev–Trinajstić information content (AvgIpc) is 3.06. The summed E-state index contributed by atoms with van der Waals surface area (Å²) in [4.78, 5) is 34.6. The molecule has 0 aliphatic heterocycles. The molecule has 1 aromatic carbocycles. The van der Waals surface area contributed by atoms with E-state index in [1.807, 2.05) is 6.07 Å². The maximum absolute atomic E-state index is 12.0. The maximum Gasteiger partial charge on any atom is 0.242 e. The lowest BCUT2D eigenvalue weighted by Gasteiger charge is -2.15. The van der Waals surface area contributed by atoms with Crippen molar-refractivity contribution in [3.63, 3.8) is 0 Å². The third-order valence-corrected chi connectivity index (χ3v) is 3.02. The monoisotopic (exact) mass is 366 g/mol. The van der Waals surface area contributed by atoms with Crippen LogP contribution in [0.1, 0.15) is 6.42 Å². The number of hydrogen-bond donors (Lipinski definition) is 5. The maximum atomic E-state index is 12.0. The van der Waals surface area contributed by atoms with Crippen molar-refractivity contribution in [3.05, 3.63) is 24.3 Å². The van der Waals surface area contributed by atoms with Gasteiger partial charge < -0.3 is 27.8 Å². The van der Waals surface area contributed by atoms with Gasteiger partial charge in [-0.05, 0) is 26.2 Å². The molecule has 2 aromatic rings. The van der Waals surface area contributed by atoms with Crippen molar-refractivity contribution in [2.45, 2.75) is 19.0 Å². The number of nitrogens with two attached hydrogens (primary N) is 3. The van der Waals surface area contributed by atoms with Crippen molar-refractivity contribution >= 4 is 28.8 Å². The fourth-order valence-corrected chi connectivity index (χ4v) is 1.99. The van der Waals surface area contributed by atoms with E-state index in [-0.39, 0.29) is 13.0 Å². The topological polar surface area (TPSA) is 184 Å². The van der Waals surface area contributed by atoms with E-state index < -0.39 is 23.8 Å². The number of benzene rings is 1. The predicted octanol–water partition coefficient (Wildman–Crippen LogP) is -2.31. The lowest BCUT2D eigenvalue weighted by Crippen LogP contribution is -2.48. The third-order valence-electron chi connectivity index (χ3n) is 3.02. The standard InChI is InChI=1S/C13H16N6O3.2CH5N/c1-15-13(22)9(6-11(14)20)16-12(21)7-19-10-5-3-2-4-8(10)17-18-19;2*1-2/h2-5,9H,6-7H2,1H3,(H2,14,20)(H,15,22)(H,16,21);2*2H2,1H3/t9-;;/m0../s1.